The molecule has 0 unspecified atom stereocenters. The van der Waals surface area contributed by atoms with Gasteiger partial charge in [-0.3, -0.25) is 9.79 Å². The molecule has 4 rings (SSSR count). The van der Waals surface area contributed by atoms with E-state index in [-0.39, 0.29) is 5.78 Å². The minimum atomic E-state index is 0.263. The zero-order valence-corrected chi connectivity index (χ0v) is 16.0. The fraction of sp³-hybridized carbons (Fsp3) is 0.250. The Hall–Kier alpha value is -3.14. The molecule has 0 radical (unpaired) electrons. The molecule has 0 atom stereocenters. The smallest absolute Gasteiger partial charge is 0.163 e. The predicted molar refractivity (Wildman–Crippen MR) is 112 cm³/mol. The molecule has 0 bridgehead atoms. The first-order valence-electron chi connectivity index (χ1n) is 9.58. The van der Waals surface area contributed by atoms with Crippen molar-refractivity contribution in [3.05, 3.63) is 66.2 Å². The second kappa shape index (κ2) is 8.26. The summed E-state index contributed by atoms with van der Waals surface area (Å²) in [5.41, 5.74) is 3.00. The van der Waals surface area contributed by atoms with Crippen molar-refractivity contribution in [1.29, 1.82) is 0 Å². The monoisotopic (exact) mass is 373 g/mol. The van der Waals surface area contributed by atoms with Gasteiger partial charge < -0.3 is 9.47 Å². The number of rotatable bonds is 6. The standard InChI is InChI=1S/C24H23NO3/c1-27-23-12-10-20(25-19-9-11-21(26)15-19)16-24(23)28-14-13-18-7-4-6-17-5-2-3-8-22(17)18/h2-8,10,12,16H,9,11,13-15H2,1H3. The highest BCUT2D eigenvalue weighted by molar-refractivity contribution is 6.09. The van der Waals surface area contributed by atoms with E-state index in [2.05, 4.69) is 47.5 Å². The minimum absolute atomic E-state index is 0.263. The molecule has 0 spiro atoms. The number of fused-ring (bicyclic) bond motifs is 1. The van der Waals surface area contributed by atoms with E-state index < -0.39 is 0 Å². The van der Waals surface area contributed by atoms with Crippen molar-refractivity contribution in [2.24, 2.45) is 4.99 Å². The first-order valence-corrected chi connectivity index (χ1v) is 9.58. The van der Waals surface area contributed by atoms with E-state index in [1.807, 2.05) is 18.2 Å². The number of nitrogens with zero attached hydrogens (tertiary/aromatic N) is 1. The van der Waals surface area contributed by atoms with E-state index in [0.717, 1.165) is 24.2 Å². The van der Waals surface area contributed by atoms with Crippen molar-refractivity contribution in [2.45, 2.75) is 25.7 Å². The molecule has 0 aliphatic heterocycles. The number of benzene rings is 3. The van der Waals surface area contributed by atoms with Gasteiger partial charge in [0.2, 0.25) is 0 Å². The molecule has 1 aliphatic rings. The highest BCUT2D eigenvalue weighted by Crippen LogP contribution is 2.32. The molecule has 142 valence electrons. The zero-order chi connectivity index (χ0) is 19.3. The van der Waals surface area contributed by atoms with Crippen molar-refractivity contribution in [2.75, 3.05) is 13.7 Å². The Bertz CT molecular complexity index is 1030. The van der Waals surface area contributed by atoms with Gasteiger partial charge in [0.15, 0.2) is 11.5 Å². The van der Waals surface area contributed by atoms with Gasteiger partial charge in [-0.2, -0.15) is 0 Å². The van der Waals surface area contributed by atoms with Gasteiger partial charge in [-0.05, 0) is 34.9 Å². The van der Waals surface area contributed by atoms with E-state index in [1.165, 1.54) is 16.3 Å². The van der Waals surface area contributed by atoms with Gasteiger partial charge in [-0.25, -0.2) is 0 Å². The number of carbonyl (C=O) groups is 1. The molecule has 0 N–H and O–H groups in total. The van der Waals surface area contributed by atoms with E-state index >= 15 is 0 Å². The number of ether oxygens (including phenoxy) is 2. The molecule has 0 aromatic heterocycles. The van der Waals surface area contributed by atoms with E-state index in [1.54, 1.807) is 7.11 Å². The first kappa shape index (κ1) is 18.2. The molecule has 3 aromatic rings. The minimum Gasteiger partial charge on any atom is -0.493 e. The summed E-state index contributed by atoms with van der Waals surface area (Å²) in [5, 5.41) is 2.49. The molecule has 28 heavy (non-hydrogen) atoms. The number of Topliss-reactive ketones (excluding diaryl/α,β-unsaturated/α-hetero) is 1. The van der Waals surface area contributed by atoms with Gasteiger partial charge in [-0.15, -0.1) is 0 Å². The molecule has 1 fully saturated rings. The van der Waals surface area contributed by atoms with Crippen molar-refractivity contribution in [3.8, 4) is 11.5 Å². The van der Waals surface area contributed by atoms with Crippen LogP contribution in [0, 0.1) is 0 Å². The van der Waals surface area contributed by atoms with E-state index in [4.69, 9.17) is 9.47 Å². The zero-order valence-electron chi connectivity index (χ0n) is 16.0. The third kappa shape index (κ3) is 4.06. The summed E-state index contributed by atoms with van der Waals surface area (Å²) in [7, 11) is 1.63. The van der Waals surface area contributed by atoms with Gasteiger partial charge in [-0.1, -0.05) is 42.5 Å². The number of methoxy groups -OCH3 is 1. The molecular weight excluding hydrogens is 350 g/mol. The van der Waals surface area contributed by atoms with Crippen LogP contribution in [-0.4, -0.2) is 25.2 Å². The van der Waals surface area contributed by atoms with Gasteiger partial charge in [0, 0.05) is 31.0 Å². The average molecular weight is 373 g/mol. The molecule has 0 saturated heterocycles. The summed E-state index contributed by atoms with van der Waals surface area (Å²) in [4.78, 5) is 16.1. The van der Waals surface area contributed by atoms with Gasteiger partial charge in [0.05, 0.1) is 19.4 Å². The predicted octanol–water partition coefficient (Wildman–Crippen LogP) is 5.30. The van der Waals surface area contributed by atoms with Gasteiger partial charge in [0.1, 0.15) is 5.78 Å². The largest absolute Gasteiger partial charge is 0.493 e. The lowest BCUT2D eigenvalue weighted by atomic mass is 10.0. The Labute approximate surface area is 164 Å². The third-order valence-electron chi connectivity index (χ3n) is 5.04. The van der Waals surface area contributed by atoms with Crippen LogP contribution in [0.15, 0.2) is 65.7 Å². The fourth-order valence-electron chi connectivity index (χ4n) is 3.60. The summed E-state index contributed by atoms with van der Waals surface area (Å²) in [6.07, 6.45) is 2.62. The topological polar surface area (TPSA) is 47.9 Å². The molecule has 4 heteroatoms. The van der Waals surface area contributed by atoms with Gasteiger partial charge in [0.25, 0.3) is 0 Å². The lowest BCUT2D eigenvalue weighted by molar-refractivity contribution is -0.116. The molecular formula is C24H23NO3. The number of hydrogen-bond donors (Lipinski definition) is 0. The van der Waals surface area contributed by atoms with Crippen LogP contribution in [0.4, 0.5) is 5.69 Å². The maximum atomic E-state index is 11.5. The molecule has 1 aliphatic carbocycles. The fourth-order valence-corrected chi connectivity index (χ4v) is 3.60. The Morgan fingerprint density at radius 3 is 2.64 bits per heavy atom. The van der Waals surface area contributed by atoms with Crippen LogP contribution in [0.5, 0.6) is 11.5 Å². The van der Waals surface area contributed by atoms with Crippen LogP contribution in [0.3, 0.4) is 0 Å². The number of carbonyl (C=O) groups excluding carboxylic acids is 1. The Morgan fingerprint density at radius 1 is 0.964 bits per heavy atom. The number of hydrogen-bond acceptors (Lipinski definition) is 4. The summed E-state index contributed by atoms with van der Waals surface area (Å²) < 4.78 is 11.5. The van der Waals surface area contributed by atoms with Crippen molar-refractivity contribution >= 4 is 28.0 Å². The van der Waals surface area contributed by atoms with Crippen molar-refractivity contribution < 1.29 is 14.3 Å². The highest BCUT2D eigenvalue weighted by Gasteiger charge is 2.17. The average Bonchev–Trinajstić information content (AvgIpc) is 3.13. The van der Waals surface area contributed by atoms with Crippen LogP contribution in [0.1, 0.15) is 24.8 Å². The second-order valence-corrected chi connectivity index (χ2v) is 6.97. The molecule has 0 amide bonds. The quantitative estimate of drug-likeness (QED) is 0.589. The van der Waals surface area contributed by atoms with Crippen LogP contribution in [0.2, 0.25) is 0 Å². The third-order valence-corrected chi connectivity index (χ3v) is 5.04. The maximum Gasteiger partial charge on any atom is 0.163 e. The summed E-state index contributed by atoms with van der Waals surface area (Å²) in [6, 6.07) is 20.4. The summed E-state index contributed by atoms with van der Waals surface area (Å²) >= 11 is 0. The first-order chi connectivity index (χ1) is 13.7. The molecule has 1 saturated carbocycles. The van der Waals surface area contributed by atoms with Crippen LogP contribution < -0.4 is 9.47 Å². The summed E-state index contributed by atoms with van der Waals surface area (Å²) in [6.45, 7) is 0.545. The molecule has 3 aromatic carbocycles. The second-order valence-electron chi connectivity index (χ2n) is 6.97. The number of ketones is 1. The Morgan fingerprint density at radius 2 is 1.82 bits per heavy atom. The lowest BCUT2D eigenvalue weighted by Gasteiger charge is -2.12. The lowest BCUT2D eigenvalue weighted by Crippen LogP contribution is -2.03. The van der Waals surface area contributed by atoms with Crippen molar-refractivity contribution in [3.63, 3.8) is 0 Å². The molecule has 0 heterocycles. The van der Waals surface area contributed by atoms with E-state index in [9.17, 15) is 4.79 Å². The maximum absolute atomic E-state index is 11.5. The normalized spacial score (nSPS) is 15.3. The van der Waals surface area contributed by atoms with Gasteiger partial charge >= 0.3 is 0 Å². The van der Waals surface area contributed by atoms with Crippen molar-refractivity contribution in [1.82, 2.24) is 0 Å². The van der Waals surface area contributed by atoms with E-state index in [0.29, 0.717) is 30.9 Å². The van der Waals surface area contributed by atoms with Crippen LogP contribution in [0.25, 0.3) is 10.8 Å². The van der Waals surface area contributed by atoms with Crippen LogP contribution >= 0.6 is 0 Å². The molecule has 4 nitrogen and oxygen atoms in total. The Kier molecular flexibility index (Phi) is 5.38. The summed E-state index contributed by atoms with van der Waals surface area (Å²) in [5.74, 6) is 1.62. The highest BCUT2D eigenvalue weighted by atomic mass is 16.5. The number of aliphatic imine (C=N–C) groups is 1. The Balaban J connectivity index is 1.49. The SMILES string of the molecule is COc1ccc(N=C2CCC(=O)C2)cc1OCCc1cccc2ccccc12. The van der Waals surface area contributed by atoms with Crippen LogP contribution in [-0.2, 0) is 11.2 Å².